The predicted octanol–water partition coefficient (Wildman–Crippen LogP) is 4.66. The largest absolute Gasteiger partial charge is 0.481 e. The van der Waals surface area contributed by atoms with Gasteiger partial charge in [0.1, 0.15) is 5.00 Å². The van der Waals surface area contributed by atoms with Crippen molar-refractivity contribution in [1.29, 1.82) is 0 Å². The number of aliphatic carboxylic acids is 1. The van der Waals surface area contributed by atoms with Gasteiger partial charge in [-0.1, -0.05) is 26.2 Å². The molecule has 160 valence electrons. The number of carboxylic acid groups (broad SMARTS) is 1. The number of anilines is 1. The number of rotatable bonds is 6. The Morgan fingerprint density at radius 3 is 2.48 bits per heavy atom. The first kappa shape index (κ1) is 21.8. The van der Waals surface area contributed by atoms with Crippen LogP contribution in [0.2, 0.25) is 0 Å². The number of carbonyl (C=O) groups is 3. The number of thiophene rings is 1. The van der Waals surface area contributed by atoms with Gasteiger partial charge in [-0.3, -0.25) is 9.59 Å². The number of nitrogens with one attached hydrogen (secondary N) is 1. The molecule has 29 heavy (non-hydrogen) atoms. The maximum absolute atomic E-state index is 13.0. The van der Waals surface area contributed by atoms with Crippen molar-refractivity contribution in [3.8, 4) is 0 Å². The van der Waals surface area contributed by atoms with Crippen LogP contribution >= 0.6 is 11.3 Å². The van der Waals surface area contributed by atoms with Gasteiger partial charge in [0.15, 0.2) is 0 Å². The van der Waals surface area contributed by atoms with Crippen molar-refractivity contribution in [2.24, 2.45) is 17.8 Å². The van der Waals surface area contributed by atoms with Crippen LogP contribution in [0.4, 0.5) is 5.00 Å². The van der Waals surface area contributed by atoms with Crippen LogP contribution in [0.1, 0.15) is 80.1 Å². The van der Waals surface area contributed by atoms with Crippen LogP contribution in [-0.2, 0) is 27.2 Å². The van der Waals surface area contributed by atoms with Gasteiger partial charge in [0.25, 0.3) is 0 Å². The van der Waals surface area contributed by atoms with Crippen molar-refractivity contribution >= 4 is 34.2 Å². The van der Waals surface area contributed by atoms with E-state index < -0.39 is 23.8 Å². The highest BCUT2D eigenvalue weighted by molar-refractivity contribution is 7.17. The molecule has 1 aromatic rings. The lowest BCUT2D eigenvalue weighted by atomic mass is 9.78. The summed E-state index contributed by atoms with van der Waals surface area (Å²) < 4.78 is 5.46. The second-order valence-electron chi connectivity index (χ2n) is 8.50. The molecule has 2 N–H and O–H groups in total. The summed E-state index contributed by atoms with van der Waals surface area (Å²) in [5.74, 6) is -2.23. The highest BCUT2D eigenvalue weighted by atomic mass is 32.1. The number of hydrogen-bond acceptors (Lipinski definition) is 5. The lowest BCUT2D eigenvalue weighted by Gasteiger charge is -2.27. The average Bonchev–Trinajstić information content (AvgIpc) is 3.04. The van der Waals surface area contributed by atoms with Gasteiger partial charge in [-0.05, 0) is 57.4 Å². The Kier molecular flexibility index (Phi) is 6.98. The van der Waals surface area contributed by atoms with Gasteiger partial charge in [-0.25, -0.2) is 4.79 Å². The van der Waals surface area contributed by atoms with E-state index in [4.69, 9.17) is 4.74 Å². The summed E-state index contributed by atoms with van der Waals surface area (Å²) in [5, 5.41) is 13.0. The molecule has 6 nitrogen and oxygen atoms in total. The van der Waals surface area contributed by atoms with Crippen LogP contribution in [0.5, 0.6) is 0 Å². The Hall–Kier alpha value is -1.89. The molecule has 0 spiro atoms. The quantitative estimate of drug-likeness (QED) is 0.652. The van der Waals surface area contributed by atoms with E-state index in [1.807, 2.05) is 13.8 Å². The van der Waals surface area contributed by atoms with E-state index >= 15 is 0 Å². The van der Waals surface area contributed by atoms with E-state index in [9.17, 15) is 19.5 Å². The summed E-state index contributed by atoms with van der Waals surface area (Å²) in [7, 11) is 0. The number of carbonyl (C=O) groups excluding carboxylic acids is 2. The normalized spacial score (nSPS) is 24.1. The third-order valence-corrected chi connectivity index (χ3v) is 7.32. The molecule has 1 aromatic heterocycles. The zero-order valence-electron chi connectivity index (χ0n) is 17.5. The molecule has 0 aliphatic heterocycles. The molecule has 1 saturated carbocycles. The Balaban J connectivity index is 1.89. The van der Waals surface area contributed by atoms with Crippen molar-refractivity contribution in [2.45, 2.75) is 78.2 Å². The van der Waals surface area contributed by atoms with Gasteiger partial charge in [0.05, 0.1) is 23.5 Å². The molecule has 7 heteroatoms. The Morgan fingerprint density at radius 2 is 1.86 bits per heavy atom. The smallest absolute Gasteiger partial charge is 0.341 e. The summed E-state index contributed by atoms with van der Waals surface area (Å²) in [6.45, 7) is 5.79. The fourth-order valence-corrected chi connectivity index (χ4v) is 5.88. The maximum atomic E-state index is 13.0. The summed E-state index contributed by atoms with van der Waals surface area (Å²) in [4.78, 5) is 38.6. The number of ether oxygens (including phenoxy) is 1. The first-order chi connectivity index (χ1) is 13.8. The molecule has 0 bridgehead atoms. The lowest BCUT2D eigenvalue weighted by Crippen LogP contribution is -2.36. The SMILES string of the molecule is CC[C@@H]1CCc2c(sc(NC(=O)[C@@H]3CCCC[C@H]3C(=O)O)c2C(=O)OC(C)C)C1. The van der Waals surface area contributed by atoms with Crippen LogP contribution in [0.3, 0.4) is 0 Å². The number of hydrogen-bond donors (Lipinski definition) is 2. The highest BCUT2D eigenvalue weighted by Gasteiger charge is 2.37. The molecule has 3 rings (SSSR count). The van der Waals surface area contributed by atoms with E-state index in [1.165, 1.54) is 11.3 Å². The molecule has 2 aliphatic rings. The number of esters is 1. The molecular weight excluding hydrogens is 390 g/mol. The van der Waals surface area contributed by atoms with E-state index in [-0.39, 0.29) is 12.0 Å². The predicted molar refractivity (Wildman–Crippen MR) is 112 cm³/mol. The number of carboxylic acids is 1. The molecule has 0 radical (unpaired) electrons. The zero-order chi connectivity index (χ0) is 21.1. The van der Waals surface area contributed by atoms with Crippen molar-refractivity contribution in [1.82, 2.24) is 0 Å². The monoisotopic (exact) mass is 421 g/mol. The minimum atomic E-state index is -0.916. The number of amides is 1. The molecule has 1 amide bonds. The van der Waals surface area contributed by atoms with Gasteiger partial charge in [-0.15, -0.1) is 11.3 Å². The van der Waals surface area contributed by atoms with Gasteiger partial charge >= 0.3 is 11.9 Å². The molecule has 1 heterocycles. The highest BCUT2D eigenvalue weighted by Crippen LogP contribution is 2.41. The van der Waals surface area contributed by atoms with Crippen molar-refractivity contribution in [3.63, 3.8) is 0 Å². The Morgan fingerprint density at radius 1 is 1.17 bits per heavy atom. The summed E-state index contributed by atoms with van der Waals surface area (Å²) in [5.41, 5.74) is 1.48. The molecule has 0 unspecified atom stereocenters. The van der Waals surface area contributed by atoms with Crippen LogP contribution in [0, 0.1) is 17.8 Å². The molecule has 3 atom stereocenters. The molecule has 0 saturated heterocycles. The zero-order valence-corrected chi connectivity index (χ0v) is 18.3. The second kappa shape index (κ2) is 9.28. The van der Waals surface area contributed by atoms with E-state index in [2.05, 4.69) is 12.2 Å². The van der Waals surface area contributed by atoms with Crippen LogP contribution in [0.25, 0.3) is 0 Å². The van der Waals surface area contributed by atoms with Gasteiger partial charge in [0.2, 0.25) is 5.91 Å². The third kappa shape index (κ3) is 4.82. The molecule has 1 fully saturated rings. The average molecular weight is 422 g/mol. The fraction of sp³-hybridized carbons (Fsp3) is 0.682. The minimum absolute atomic E-state index is 0.247. The molecule has 2 aliphatic carbocycles. The lowest BCUT2D eigenvalue weighted by molar-refractivity contribution is -0.147. The maximum Gasteiger partial charge on any atom is 0.341 e. The van der Waals surface area contributed by atoms with Crippen LogP contribution in [-0.4, -0.2) is 29.1 Å². The summed E-state index contributed by atoms with van der Waals surface area (Å²) in [6.07, 6.45) is 6.36. The van der Waals surface area contributed by atoms with Crippen molar-refractivity contribution in [2.75, 3.05) is 5.32 Å². The molecule has 0 aromatic carbocycles. The minimum Gasteiger partial charge on any atom is -0.481 e. The van der Waals surface area contributed by atoms with Gasteiger partial charge < -0.3 is 15.2 Å². The van der Waals surface area contributed by atoms with Gasteiger partial charge in [0, 0.05) is 4.88 Å². The van der Waals surface area contributed by atoms with E-state index in [0.717, 1.165) is 49.0 Å². The fourth-order valence-electron chi connectivity index (χ4n) is 4.52. The molecular formula is C22H31NO5S. The van der Waals surface area contributed by atoms with Crippen molar-refractivity contribution in [3.05, 3.63) is 16.0 Å². The van der Waals surface area contributed by atoms with Crippen molar-refractivity contribution < 1.29 is 24.2 Å². The summed E-state index contributed by atoms with van der Waals surface area (Å²) in [6, 6.07) is 0. The Bertz CT molecular complexity index is 784. The number of fused-ring (bicyclic) bond motifs is 1. The summed E-state index contributed by atoms with van der Waals surface area (Å²) >= 11 is 1.46. The second-order valence-corrected chi connectivity index (χ2v) is 9.61. The Labute approximate surface area is 176 Å². The first-order valence-corrected chi connectivity index (χ1v) is 11.5. The first-order valence-electron chi connectivity index (χ1n) is 10.7. The van der Waals surface area contributed by atoms with E-state index in [0.29, 0.717) is 29.3 Å². The third-order valence-electron chi connectivity index (χ3n) is 6.15. The van der Waals surface area contributed by atoms with Crippen LogP contribution in [0.15, 0.2) is 0 Å². The van der Waals surface area contributed by atoms with Crippen LogP contribution < -0.4 is 5.32 Å². The topological polar surface area (TPSA) is 92.7 Å². The standard InChI is InChI=1S/C22H31NO5S/c1-4-13-9-10-16-17(11-13)29-20(18(16)22(27)28-12(2)3)23-19(24)14-7-5-6-8-15(14)21(25)26/h12-15H,4-11H2,1-3H3,(H,23,24)(H,25,26)/t13-,14-,15-/m1/s1. The van der Waals surface area contributed by atoms with E-state index in [1.54, 1.807) is 0 Å². The van der Waals surface area contributed by atoms with Gasteiger partial charge in [-0.2, -0.15) is 0 Å².